The van der Waals surface area contributed by atoms with Crippen molar-refractivity contribution >= 4 is 28.2 Å². The van der Waals surface area contributed by atoms with E-state index < -0.39 is 5.97 Å². The van der Waals surface area contributed by atoms with E-state index in [4.69, 9.17) is 9.15 Å². The van der Waals surface area contributed by atoms with Crippen LogP contribution in [0.25, 0.3) is 22.3 Å². The molecule has 0 bridgehead atoms. The molecule has 0 saturated carbocycles. The Kier molecular flexibility index (Phi) is 5.78. The van der Waals surface area contributed by atoms with E-state index in [2.05, 4.69) is 20.9 Å². The highest BCUT2D eigenvalue weighted by Gasteiger charge is 2.27. The maximum absolute atomic E-state index is 12.5. The third-order valence-electron chi connectivity index (χ3n) is 5.49. The van der Waals surface area contributed by atoms with Crippen LogP contribution in [0.4, 0.5) is 0 Å². The van der Waals surface area contributed by atoms with Crippen molar-refractivity contribution in [2.75, 3.05) is 7.11 Å². The van der Waals surface area contributed by atoms with Gasteiger partial charge in [0.15, 0.2) is 6.29 Å². The van der Waals surface area contributed by atoms with Crippen LogP contribution in [0.15, 0.2) is 51.7 Å². The van der Waals surface area contributed by atoms with E-state index in [0.717, 1.165) is 44.4 Å². The molecule has 6 nitrogen and oxygen atoms in total. The van der Waals surface area contributed by atoms with Crippen molar-refractivity contribution in [3.8, 4) is 22.3 Å². The smallest absolute Gasteiger partial charge is 0.338 e. The number of hydrogen-bond donors (Lipinski definition) is 0. The van der Waals surface area contributed by atoms with Crippen LogP contribution in [-0.4, -0.2) is 28.9 Å². The Bertz CT molecular complexity index is 1250. The van der Waals surface area contributed by atoms with Crippen molar-refractivity contribution in [1.29, 1.82) is 0 Å². The molecule has 31 heavy (non-hydrogen) atoms. The van der Waals surface area contributed by atoms with Crippen LogP contribution in [0.1, 0.15) is 44.9 Å². The molecule has 0 amide bonds. The zero-order valence-electron chi connectivity index (χ0n) is 17.4. The lowest BCUT2D eigenvalue weighted by atomic mass is 9.97. The summed E-state index contributed by atoms with van der Waals surface area (Å²) in [7, 11) is 1.37. The van der Waals surface area contributed by atoms with Gasteiger partial charge in [-0.2, -0.15) is 0 Å². The Hall–Kier alpha value is -3.19. The Morgan fingerprint density at radius 1 is 1.23 bits per heavy atom. The molecule has 0 unspecified atom stereocenters. The first kappa shape index (κ1) is 21.1. The number of imidazole rings is 1. The number of halogens is 1. The lowest BCUT2D eigenvalue weighted by Gasteiger charge is -2.14. The second-order valence-corrected chi connectivity index (χ2v) is 7.94. The van der Waals surface area contributed by atoms with E-state index >= 15 is 0 Å². The van der Waals surface area contributed by atoms with E-state index in [-0.39, 0.29) is 0 Å². The van der Waals surface area contributed by atoms with Crippen molar-refractivity contribution in [1.82, 2.24) is 9.55 Å². The van der Waals surface area contributed by atoms with E-state index in [9.17, 15) is 9.59 Å². The minimum absolute atomic E-state index is 0.412. The minimum atomic E-state index is -0.412. The molecule has 0 saturated heterocycles. The normalized spacial score (nSPS) is 11.1. The van der Waals surface area contributed by atoms with Crippen molar-refractivity contribution in [3.05, 3.63) is 75.7 Å². The molecule has 158 valence electrons. The number of esters is 1. The molecular weight excluding hydrogens is 460 g/mol. The molecule has 2 aliphatic rings. The number of carbonyl (C=O) groups excluding carboxylic acids is 2. The number of methoxy groups -OCH3 is 1. The fourth-order valence-electron chi connectivity index (χ4n) is 4.04. The number of hydrogen-bond acceptors (Lipinski definition) is 5. The molecule has 1 aliphatic heterocycles. The molecule has 4 rings (SSSR count). The van der Waals surface area contributed by atoms with Gasteiger partial charge in [0.1, 0.15) is 11.5 Å². The van der Waals surface area contributed by atoms with Crippen LogP contribution >= 0.6 is 15.9 Å². The molecule has 0 N–H and O–H groups in total. The highest BCUT2D eigenvalue weighted by molar-refractivity contribution is 9.10. The first-order valence-corrected chi connectivity index (χ1v) is 10.7. The lowest BCUT2D eigenvalue weighted by Crippen LogP contribution is -2.10. The van der Waals surface area contributed by atoms with Gasteiger partial charge >= 0.3 is 5.97 Å². The van der Waals surface area contributed by atoms with Gasteiger partial charge in [0.05, 0.1) is 37.4 Å². The summed E-state index contributed by atoms with van der Waals surface area (Å²) in [6.45, 7) is 4.28. The maximum atomic E-state index is 12.5. The molecule has 2 aromatic rings. The van der Waals surface area contributed by atoms with Gasteiger partial charge in [-0.05, 0) is 51.7 Å². The van der Waals surface area contributed by atoms with Crippen LogP contribution < -0.4 is 0 Å². The first-order valence-electron chi connectivity index (χ1n) is 9.86. The molecule has 2 heterocycles. The average molecular weight is 481 g/mol. The Labute approximate surface area is 188 Å². The lowest BCUT2D eigenvalue weighted by molar-refractivity contribution is 0.0601. The molecule has 0 radical (unpaired) electrons. The highest BCUT2D eigenvalue weighted by atomic mass is 79.9. The van der Waals surface area contributed by atoms with E-state index in [1.165, 1.54) is 7.11 Å². The molecular formula is C24H21BrN2O4. The molecule has 0 fully saturated rings. The number of carbonyl (C=O) groups is 2. The van der Waals surface area contributed by atoms with Gasteiger partial charge in [0.2, 0.25) is 0 Å². The van der Waals surface area contributed by atoms with Gasteiger partial charge in [0, 0.05) is 22.0 Å². The Morgan fingerprint density at radius 2 is 2.00 bits per heavy atom. The number of aryl methyl sites for hydroxylation is 2. The predicted molar refractivity (Wildman–Crippen MR) is 121 cm³/mol. The second kappa shape index (κ2) is 8.51. The Morgan fingerprint density at radius 3 is 2.71 bits per heavy atom. The molecule has 0 atom stereocenters. The summed E-state index contributed by atoms with van der Waals surface area (Å²) < 4.78 is 13.2. The van der Waals surface area contributed by atoms with Gasteiger partial charge in [-0.15, -0.1) is 0 Å². The Balaban J connectivity index is 2.01. The quantitative estimate of drug-likeness (QED) is 0.268. The van der Waals surface area contributed by atoms with Crippen molar-refractivity contribution in [2.24, 2.45) is 0 Å². The highest BCUT2D eigenvalue weighted by Crippen LogP contribution is 2.47. The van der Waals surface area contributed by atoms with Crippen LogP contribution in [-0.2, 0) is 17.7 Å². The summed E-state index contributed by atoms with van der Waals surface area (Å²) in [4.78, 5) is 28.9. The van der Waals surface area contributed by atoms with Gasteiger partial charge in [0.25, 0.3) is 0 Å². The topological polar surface area (TPSA) is 74.3 Å². The zero-order valence-corrected chi connectivity index (χ0v) is 19.0. The van der Waals surface area contributed by atoms with Gasteiger partial charge in [-0.25, -0.2) is 9.78 Å². The number of aromatic nitrogens is 2. The summed E-state index contributed by atoms with van der Waals surface area (Å²) >= 11 is 3.73. The minimum Gasteiger partial charge on any atom is -0.472 e. The third kappa shape index (κ3) is 3.49. The number of nitrogens with zero attached hydrogens (tertiary/aromatic N) is 2. The largest absolute Gasteiger partial charge is 0.472 e. The van der Waals surface area contributed by atoms with Gasteiger partial charge < -0.3 is 13.7 Å². The third-order valence-corrected chi connectivity index (χ3v) is 6.31. The van der Waals surface area contributed by atoms with E-state index in [0.29, 0.717) is 29.9 Å². The molecule has 7 heteroatoms. The summed E-state index contributed by atoms with van der Waals surface area (Å²) in [5, 5.41) is 0. The second-order valence-electron chi connectivity index (χ2n) is 7.14. The standard InChI is InChI=1S/C24H21BrN2O4/c1-4-21-26-14(2)20(12-28)27(21)11-18-15-9-10-31-13-19(15)23(25)22(18)16-7-5-6-8-17(16)24(29)30-3/h5-10,12-13H,4,11H2,1-3H3. The van der Waals surface area contributed by atoms with Gasteiger partial charge in [-0.3, -0.25) is 4.79 Å². The number of fused-ring (bicyclic) bond motifs is 1. The van der Waals surface area contributed by atoms with Crippen LogP contribution in [0.3, 0.4) is 0 Å². The predicted octanol–water partition coefficient (Wildman–Crippen LogP) is 5.53. The summed E-state index contributed by atoms with van der Waals surface area (Å²) in [6, 6.07) is 9.23. The number of ether oxygens (including phenoxy) is 1. The van der Waals surface area contributed by atoms with Crippen molar-refractivity contribution in [3.63, 3.8) is 0 Å². The SMILES string of the molecule is CCc1nc(C)c(C=O)n1Cc1c2ccocc-2c(Br)c1-c1ccccc1C(=O)OC. The fraction of sp³-hybridized carbons (Fsp3) is 0.208. The van der Waals surface area contributed by atoms with E-state index in [1.54, 1.807) is 24.7 Å². The molecule has 0 spiro atoms. The summed E-state index contributed by atoms with van der Waals surface area (Å²) in [5.41, 5.74) is 6.14. The van der Waals surface area contributed by atoms with Crippen LogP contribution in [0.5, 0.6) is 0 Å². The average Bonchev–Trinajstić information content (AvgIpc) is 3.26. The van der Waals surface area contributed by atoms with Crippen molar-refractivity contribution < 1.29 is 18.7 Å². The molecule has 1 aromatic carbocycles. The first-order chi connectivity index (χ1) is 15.0. The summed E-state index contributed by atoms with van der Waals surface area (Å²) in [6.07, 6.45) is 4.83. The zero-order chi connectivity index (χ0) is 22.1. The van der Waals surface area contributed by atoms with E-state index in [1.807, 2.05) is 36.6 Å². The fourth-order valence-corrected chi connectivity index (χ4v) is 4.80. The van der Waals surface area contributed by atoms with Gasteiger partial charge in [-0.1, -0.05) is 25.1 Å². The van der Waals surface area contributed by atoms with Crippen LogP contribution in [0, 0.1) is 6.92 Å². The maximum Gasteiger partial charge on any atom is 0.338 e. The summed E-state index contributed by atoms with van der Waals surface area (Å²) in [5.74, 6) is 0.419. The number of rotatable bonds is 6. The number of aldehydes is 1. The monoisotopic (exact) mass is 480 g/mol. The van der Waals surface area contributed by atoms with Crippen molar-refractivity contribution in [2.45, 2.75) is 26.8 Å². The van der Waals surface area contributed by atoms with Crippen LogP contribution in [0.2, 0.25) is 0 Å². The number of benzene rings is 1. The molecule has 1 aromatic heterocycles. The molecule has 1 aliphatic carbocycles.